The Kier molecular flexibility index (Phi) is 4.11. The maximum Gasteiger partial charge on any atom is 0.232 e. The second-order valence-electron chi connectivity index (χ2n) is 6.21. The highest BCUT2D eigenvalue weighted by Crippen LogP contribution is 2.37. The number of aliphatic hydroxyl groups excluding tert-OH is 1. The Morgan fingerprint density at radius 1 is 1.27 bits per heavy atom. The second-order valence-corrected chi connectivity index (χ2v) is 6.21. The number of carbonyl (C=O) groups is 1. The van der Waals surface area contributed by atoms with Crippen LogP contribution in [0.4, 0.5) is 0 Å². The van der Waals surface area contributed by atoms with Crippen LogP contribution in [-0.2, 0) is 4.79 Å². The molecule has 1 saturated carbocycles. The van der Waals surface area contributed by atoms with Gasteiger partial charge in [-0.15, -0.1) is 0 Å². The fraction of sp³-hybridized carbons (Fsp3) is 0.562. The summed E-state index contributed by atoms with van der Waals surface area (Å²) in [6.45, 7) is 1.16. The average Bonchev–Trinajstić information content (AvgIpc) is 3.35. The number of nitrogens with zero attached hydrogens (tertiary/aromatic N) is 2. The quantitative estimate of drug-likeness (QED) is 0.677. The van der Waals surface area contributed by atoms with Crippen LogP contribution in [0.2, 0.25) is 0 Å². The van der Waals surface area contributed by atoms with Crippen molar-refractivity contribution in [2.45, 2.75) is 31.4 Å². The predicted octanol–water partition coefficient (Wildman–Crippen LogP) is 1.62. The maximum absolute atomic E-state index is 12.2. The number of hydrogen-bond acceptors (Lipinski definition) is 4. The third kappa shape index (κ3) is 2.97. The number of aliphatic hydroxyl groups is 1. The Bertz CT molecular complexity index is 555. The van der Waals surface area contributed by atoms with E-state index in [1.54, 1.807) is 4.90 Å². The van der Waals surface area contributed by atoms with Crippen molar-refractivity contribution in [3.63, 3.8) is 0 Å². The largest absolute Gasteiger partial charge is 0.388 e. The first-order valence-electron chi connectivity index (χ1n) is 7.73. The average molecular weight is 304 g/mol. The molecule has 2 aliphatic rings. The molecule has 0 radical (unpaired) electrons. The standard InChI is InChI=1S/C16H20N2O4/c19-15(11-4-2-1-3-5-11)12-6-8-17(9-7-12)16(20)13-10-14(13)18(21)22/h1-5,12-15,19H,6-10H2/t13-,14-,15+/m1/s1. The normalized spacial score (nSPS) is 26.5. The molecular weight excluding hydrogens is 284 g/mol. The number of amides is 1. The van der Waals surface area contributed by atoms with Crippen molar-refractivity contribution in [2.24, 2.45) is 11.8 Å². The molecule has 0 aromatic heterocycles. The highest BCUT2D eigenvalue weighted by atomic mass is 16.6. The van der Waals surface area contributed by atoms with Crippen LogP contribution >= 0.6 is 0 Å². The summed E-state index contributed by atoms with van der Waals surface area (Å²) in [5.41, 5.74) is 0.905. The summed E-state index contributed by atoms with van der Waals surface area (Å²) < 4.78 is 0. The van der Waals surface area contributed by atoms with Gasteiger partial charge >= 0.3 is 0 Å². The molecule has 3 atom stereocenters. The van der Waals surface area contributed by atoms with E-state index < -0.39 is 18.1 Å². The monoisotopic (exact) mass is 304 g/mol. The first kappa shape index (κ1) is 15.0. The molecule has 0 bridgehead atoms. The summed E-state index contributed by atoms with van der Waals surface area (Å²) in [5.74, 6) is -0.378. The van der Waals surface area contributed by atoms with Gasteiger partial charge in [-0.3, -0.25) is 14.9 Å². The molecule has 6 heteroatoms. The fourth-order valence-electron chi connectivity index (χ4n) is 3.27. The van der Waals surface area contributed by atoms with E-state index in [1.165, 1.54) is 0 Å². The number of piperidine rings is 1. The summed E-state index contributed by atoms with van der Waals surface area (Å²) in [4.78, 5) is 24.2. The van der Waals surface area contributed by atoms with Crippen molar-refractivity contribution >= 4 is 5.91 Å². The number of hydrogen-bond donors (Lipinski definition) is 1. The third-order valence-electron chi connectivity index (χ3n) is 4.78. The van der Waals surface area contributed by atoms with Crippen molar-refractivity contribution in [3.8, 4) is 0 Å². The molecule has 1 aromatic carbocycles. The first-order chi connectivity index (χ1) is 10.6. The lowest BCUT2D eigenvalue weighted by molar-refractivity contribution is -0.497. The highest BCUT2D eigenvalue weighted by Gasteiger charge is 2.54. The molecule has 1 aliphatic heterocycles. The summed E-state index contributed by atoms with van der Waals surface area (Å²) in [6, 6.07) is 8.87. The molecule has 22 heavy (non-hydrogen) atoms. The summed E-state index contributed by atoms with van der Waals surface area (Å²) in [6.07, 6.45) is 1.33. The number of carbonyl (C=O) groups excluding carboxylic acids is 1. The Morgan fingerprint density at radius 2 is 1.91 bits per heavy atom. The summed E-state index contributed by atoms with van der Waals surface area (Å²) in [5, 5.41) is 21.1. The lowest BCUT2D eigenvalue weighted by Gasteiger charge is -2.34. The molecule has 1 amide bonds. The van der Waals surface area contributed by atoms with Crippen molar-refractivity contribution in [1.29, 1.82) is 0 Å². The van der Waals surface area contributed by atoms with Crippen LogP contribution in [0.1, 0.15) is 30.9 Å². The Morgan fingerprint density at radius 3 is 2.45 bits per heavy atom. The third-order valence-corrected chi connectivity index (χ3v) is 4.78. The highest BCUT2D eigenvalue weighted by molar-refractivity contribution is 5.82. The second kappa shape index (κ2) is 6.04. The molecule has 6 nitrogen and oxygen atoms in total. The SMILES string of the molecule is O=C([C@@H]1C[C@H]1[N+](=O)[O-])N1CCC([C@@H](O)c2ccccc2)CC1. The molecular formula is C16H20N2O4. The van der Waals surface area contributed by atoms with E-state index in [-0.39, 0.29) is 16.7 Å². The predicted molar refractivity (Wildman–Crippen MR) is 79.6 cm³/mol. The van der Waals surface area contributed by atoms with Crippen molar-refractivity contribution in [3.05, 3.63) is 46.0 Å². The van der Waals surface area contributed by atoms with Crippen LogP contribution in [0.3, 0.4) is 0 Å². The zero-order valence-electron chi connectivity index (χ0n) is 12.3. The van der Waals surface area contributed by atoms with Gasteiger partial charge in [0.1, 0.15) is 5.92 Å². The van der Waals surface area contributed by atoms with Crippen LogP contribution in [0, 0.1) is 22.0 Å². The van der Waals surface area contributed by atoms with Gasteiger partial charge in [0.25, 0.3) is 0 Å². The minimum atomic E-state index is -0.680. The molecule has 1 aliphatic carbocycles. The van der Waals surface area contributed by atoms with Crippen molar-refractivity contribution in [1.82, 2.24) is 4.90 Å². The van der Waals surface area contributed by atoms with E-state index in [2.05, 4.69) is 0 Å². The van der Waals surface area contributed by atoms with E-state index >= 15 is 0 Å². The summed E-state index contributed by atoms with van der Waals surface area (Å²) in [7, 11) is 0. The molecule has 1 aromatic rings. The van der Waals surface area contributed by atoms with Crippen LogP contribution < -0.4 is 0 Å². The number of nitro groups is 1. The van der Waals surface area contributed by atoms with Gasteiger partial charge in [-0.25, -0.2) is 0 Å². The molecule has 2 fully saturated rings. The van der Waals surface area contributed by atoms with Crippen LogP contribution in [0.25, 0.3) is 0 Å². The molecule has 0 spiro atoms. The van der Waals surface area contributed by atoms with E-state index in [9.17, 15) is 20.0 Å². The Balaban J connectivity index is 1.52. The molecule has 1 heterocycles. The van der Waals surface area contributed by atoms with E-state index in [0.29, 0.717) is 19.5 Å². The number of likely N-dealkylation sites (tertiary alicyclic amines) is 1. The number of rotatable bonds is 4. The molecule has 0 unspecified atom stereocenters. The van der Waals surface area contributed by atoms with Crippen molar-refractivity contribution < 1.29 is 14.8 Å². The lowest BCUT2D eigenvalue weighted by atomic mass is 9.87. The minimum Gasteiger partial charge on any atom is -0.388 e. The van der Waals surface area contributed by atoms with Crippen molar-refractivity contribution in [2.75, 3.05) is 13.1 Å². The lowest BCUT2D eigenvalue weighted by Crippen LogP contribution is -2.41. The Hall–Kier alpha value is -1.95. The summed E-state index contributed by atoms with van der Waals surface area (Å²) >= 11 is 0. The van der Waals surface area contributed by atoms with Crippen LogP contribution in [0.15, 0.2) is 30.3 Å². The van der Waals surface area contributed by atoms with Gasteiger partial charge in [-0.05, 0) is 24.3 Å². The van der Waals surface area contributed by atoms with E-state index in [0.717, 1.165) is 18.4 Å². The minimum absolute atomic E-state index is 0.0886. The van der Waals surface area contributed by atoms with Gasteiger partial charge in [-0.1, -0.05) is 30.3 Å². The smallest absolute Gasteiger partial charge is 0.232 e. The molecule has 1 N–H and O–H groups in total. The zero-order valence-corrected chi connectivity index (χ0v) is 12.3. The molecule has 3 rings (SSSR count). The van der Waals surface area contributed by atoms with Gasteiger partial charge in [0.15, 0.2) is 0 Å². The molecule has 1 saturated heterocycles. The van der Waals surface area contributed by atoms with E-state index in [1.807, 2.05) is 30.3 Å². The first-order valence-corrected chi connectivity index (χ1v) is 7.73. The maximum atomic E-state index is 12.2. The Labute approximate surface area is 128 Å². The van der Waals surface area contributed by atoms with Gasteiger partial charge in [0.05, 0.1) is 6.10 Å². The van der Waals surface area contributed by atoms with E-state index in [4.69, 9.17) is 0 Å². The van der Waals surface area contributed by atoms with Crippen LogP contribution in [-0.4, -0.2) is 40.0 Å². The van der Waals surface area contributed by atoms with Gasteiger partial charge in [0.2, 0.25) is 11.9 Å². The number of benzene rings is 1. The van der Waals surface area contributed by atoms with Crippen LogP contribution in [0.5, 0.6) is 0 Å². The molecule has 118 valence electrons. The topological polar surface area (TPSA) is 83.7 Å². The zero-order chi connectivity index (χ0) is 15.7. The van der Waals surface area contributed by atoms with Gasteiger partial charge in [-0.2, -0.15) is 0 Å². The van der Waals surface area contributed by atoms with Gasteiger partial charge in [0, 0.05) is 24.4 Å². The fourth-order valence-corrected chi connectivity index (χ4v) is 3.27. The van der Waals surface area contributed by atoms with Gasteiger partial charge < -0.3 is 10.0 Å².